The summed E-state index contributed by atoms with van der Waals surface area (Å²) in [6.45, 7) is 6.67. The second kappa shape index (κ2) is 6.00. The van der Waals surface area contributed by atoms with Crippen molar-refractivity contribution in [3.63, 3.8) is 0 Å². The highest BCUT2D eigenvalue weighted by Crippen LogP contribution is 2.75. The van der Waals surface area contributed by atoms with Crippen molar-refractivity contribution >= 4 is 5.78 Å². The average molecular weight is 409 g/mol. The summed E-state index contributed by atoms with van der Waals surface area (Å²) in [6, 6.07) is 0. The standard InChI is InChI=1S/C23H33FO5/c1-13-9-16-20(3)7-5-14-10-15(26)6-8-19(14,2)23(20,24)17(27)11-21(16,4)22(13,29)18(28)12-25/h6,8,10,13,16-18,25,27-29H,5,7,9,11-12H2,1-4H3/t13-,16+,17+,18+,19+,20+,21+,22+,23+/m1/s1. The zero-order valence-corrected chi connectivity index (χ0v) is 17.7. The van der Waals surface area contributed by atoms with Gasteiger partial charge in [0.15, 0.2) is 11.5 Å². The van der Waals surface area contributed by atoms with E-state index in [1.807, 2.05) is 20.8 Å². The van der Waals surface area contributed by atoms with Crippen LogP contribution in [-0.4, -0.2) is 56.3 Å². The minimum Gasteiger partial charge on any atom is -0.394 e. The molecule has 0 amide bonds. The van der Waals surface area contributed by atoms with Gasteiger partial charge in [0.05, 0.1) is 12.7 Å². The fraction of sp³-hybridized carbons (Fsp3) is 0.783. The molecule has 4 aliphatic rings. The molecule has 3 fully saturated rings. The molecule has 0 aromatic heterocycles. The predicted molar refractivity (Wildman–Crippen MR) is 106 cm³/mol. The maximum atomic E-state index is 17.3. The van der Waals surface area contributed by atoms with Crippen LogP contribution in [0.2, 0.25) is 0 Å². The van der Waals surface area contributed by atoms with Crippen molar-refractivity contribution < 1.29 is 29.6 Å². The largest absolute Gasteiger partial charge is 0.394 e. The smallest absolute Gasteiger partial charge is 0.178 e. The molecule has 0 aromatic rings. The van der Waals surface area contributed by atoms with Gasteiger partial charge in [-0.3, -0.25) is 4.79 Å². The lowest BCUT2D eigenvalue weighted by molar-refractivity contribution is -0.272. The summed E-state index contributed by atoms with van der Waals surface area (Å²) in [7, 11) is 0. The van der Waals surface area contributed by atoms with Crippen molar-refractivity contribution in [2.45, 2.75) is 76.9 Å². The number of alkyl halides is 1. The average Bonchev–Trinajstić information content (AvgIpc) is 2.87. The van der Waals surface area contributed by atoms with Crippen LogP contribution < -0.4 is 0 Å². The first-order valence-corrected chi connectivity index (χ1v) is 10.7. The second-order valence-electron chi connectivity index (χ2n) is 10.6. The third-order valence-electron chi connectivity index (χ3n) is 9.62. The summed E-state index contributed by atoms with van der Waals surface area (Å²) < 4.78 is 17.3. The number of ketones is 1. The molecule has 5 nitrogen and oxygen atoms in total. The zero-order chi connectivity index (χ0) is 21.6. The van der Waals surface area contributed by atoms with E-state index in [0.29, 0.717) is 24.8 Å². The first-order chi connectivity index (χ1) is 13.3. The van der Waals surface area contributed by atoms with E-state index in [2.05, 4.69) is 0 Å². The number of rotatable bonds is 2. The van der Waals surface area contributed by atoms with Gasteiger partial charge in [-0.15, -0.1) is 0 Å². The van der Waals surface area contributed by atoms with Gasteiger partial charge in [-0.05, 0) is 56.6 Å². The van der Waals surface area contributed by atoms with Crippen LogP contribution in [0.4, 0.5) is 4.39 Å². The maximum absolute atomic E-state index is 17.3. The van der Waals surface area contributed by atoms with Gasteiger partial charge in [-0.25, -0.2) is 4.39 Å². The van der Waals surface area contributed by atoms with Crippen LogP contribution in [0.1, 0.15) is 53.4 Å². The summed E-state index contributed by atoms with van der Waals surface area (Å²) in [4.78, 5) is 11.9. The fourth-order valence-electron chi connectivity index (χ4n) is 8.03. The molecule has 4 aliphatic carbocycles. The molecular formula is C23H33FO5. The van der Waals surface area contributed by atoms with Crippen LogP contribution in [-0.2, 0) is 4.79 Å². The molecule has 0 radical (unpaired) electrons. The van der Waals surface area contributed by atoms with E-state index in [0.717, 1.165) is 0 Å². The number of halogens is 1. The summed E-state index contributed by atoms with van der Waals surface area (Å²) in [5.41, 5.74) is -5.94. The normalized spacial score (nSPS) is 55.0. The molecule has 6 heteroatoms. The van der Waals surface area contributed by atoms with Gasteiger partial charge in [-0.2, -0.15) is 0 Å². The van der Waals surface area contributed by atoms with Crippen LogP contribution in [0, 0.1) is 28.1 Å². The number of carbonyl (C=O) groups is 1. The van der Waals surface area contributed by atoms with Crippen molar-refractivity contribution in [1.29, 1.82) is 0 Å². The Morgan fingerprint density at radius 2 is 1.93 bits per heavy atom. The lowest BCUT2D eigenvalue weighted by Crippen LogP contribution is -2.73. The summed E-state index contributed by atoms with van der Waals surface area (Å²) in [5.74, 6) is -0.817. The molecule has 4 N–H and O–H groups in total. The minimum absolute atomic E-state index is 0.0215. The van der Waals surface area contributed by atoms with Crippen molar-refractivity contribution in [1.82, 2.24) is 0 Å². The molecule has 0 bridgehead atoms. The van der Waals surface area contributed by atoms with E-state index in [9.17, 15) is 25.2 Å². The predicted octanol–water partition coefficient (Wildman–Crippen LogP) is 2.08. The van der Waals surface area contributed by atoms with Crippen molar-refractivity contribution in [3.8, 4) is 0 Å². The third kappa shape index (κ3) is 2.11. The highest BCUT2D eigenvalue weighted by Gasteiger charge is 2.79. The molecule has 0 saturated heterocycles. The number of hydrogen-bond donors (Lipinski definition) is 4. The summed E-state index contributed by atoms with van der Waals surface area (Å²) in [5, 5.41) is 43.1. The Balaban J connectivity index is 1.89. The number of hydrogen-bond acceptors (Lipinski definition) is 5. The quantitative estimate of drug-likeness (QED) is 0.561. The number of aliphatic hydroxyl groups excluding tert-OH is 3. The maximum Gasteiger partial charge on any atom is 0.178 e. The van der Waals surface area contributed by atoms with E-state index in [-0.39, 0.29) is 24.0 Å². The number of carbonyl (C=O) groups excluding carboxylic acids is 1. The van der Waals surface area contributed by atoms with Crippen LogP contribution in [0.25, 0.3) is 0 Å². The fourth-order valence-corrected chi connectivity index (χ4v) is 8.03. The van der Waals surface area contributed by atoms with E-state index in [4.69, 9.17) is 0 Å². The Hall–Kier alpha value is -1.08. The number of fused-ring (bicyclic) bond motifs is 5. The molecule has 3 saturated carbocycles. The highest BCUT2D eigenvalue weighted by atomic mass is 19.1. The van der Waals surface area contributed by atoms with Gasteiger partial charge in [0, 0.05) is 16.2 Å². The van der Waals surface area contributed by atoms with Crippen LogP contribution in [0.3, 0.4) is 0 Å². The first-order valence-electron chi connectivity index (χ1n) is 10.7. The van der Waals surface area contributed by atoms with Crippen LogP contribution in [0.15, 0.2) is 23.8 Å². The number of aliphatic hydroxyl groups is 4. The minimum atomic E-state index is -2.01. The Morgan fingerprint density at radius 3 is 2.55 bits per heavy atom. The molecule has 29 heavy (non-hydrogen) atoms. The van der Waals surface area contributed by atoms with Crippen LogP contribution in [0.5, 0.6) is 0 Å². The van der Waals surface area contributed by atoms with E-state index in [1.54, 1.807) is 13.0 Å². The Bertz CT molecular complexity index is 809. The van der Waals surface area contributed by atoms with Gasteiger partial charge in [0.1, 0.15) is 11.7 Å². The van der Waals surface area contributed by atoms with Gasteiger partial charge in [0.25, 0.3) is 0 Å². The van der Waals surface area contributed by atoms with Gasteiger partial charge < -0.3 is 20.4 Å². The zero-order valence-electron chi connectivity index (χ0n) is 17.7. The molecule has 0 aliphatic heterocycles. The van der Waals surface area contributed by atoms with E-state index < -0.39 is 46.3 Å². The number of allylic oxidation sites excluding steroid dienone is 4. The van der Waals surface area contributed by atoms with Gasteiger partial charge in [-0.1, -0.05) is 32.4 Å². The van der Waals surface area contributed by atoms with Gasteiger partial charge in [0.2, 0.25) is 0 Å². The topological polar surface area (TPSA) is 98.0 Å². The van der Waals surface area contributed by atoms with Crippen LogP contribution >= 0.6 is 0 Å². The Kier molecular flexibility index (Phi) is 4.38. The molecule has 0 aromatic carbocycles. The molecule has 9 atom stereocenters. The van der Waals surface area contributed by atoms with Gasteiger partial charge >= 0.3 is 0 Å². The van der Waals surface area contributed by atoms with Crippen molar-refractivity contribution in [2.75, 3.05) is 6.61 Å². The van der Waals surface area contributed by atoms with Crippen molar-refractivity contribution in [3.05, 3.63) is 23.8 Å². The molecule has 0 unspecified atom stereocenters. The second-order valence-corrected chi connectivity index (χ2v) is 10.6. The first kappa shape index (κ1) is 21.2. The summed E-state index contributed by atoms with van der Waals surface area (Å²) in [6.07, 6.45) is 3.22. The highest BCUT2D eigenvalue weighted by molar-refractivity contribution is 6.01. The Labute approximate surface area is 171 Å². The SMILES string of the molecule is C[C@@H]1C[C@@H]2[C@](C)(C[C@H](O)[C@]3(F)[C@@]4(C)C=CC(=O)C=C4CC[C@@]23C)[C@@]1(O)[C@@H](O)CO. The lowest BCUT2D eigenvalue weighted by Gasteiger charge is -2.68. The monoisotopic (exact) mass is 408 g/mol. The van der Waals surface area contributed by atoms with E-state index >= 15 is 4.39 Å². The Morgan fingerprint density at radius 1 is 1.28 bits per heavy atom. The summed E-state index contributed by atoms with van der Waals surface area (Å²) >= 11 is 0. The molecule has 0 spiro atoms. The van der Waals surface area contributed by atoms with Crippen molar-refractivity contribution in [2.24, 2.45) is 28.1 Å². The lowest BCUT2D eigenvalue weighted by atomic mass is 9.39. The molecular weight excluding hydrogens is 375 g/mol. The third-order valence-corrected chi connectivity index (χ3v) is 9.62. The molecule has 162 valence electrons. The van der Waals surface area contributed by atoms with E-state index in [1.165, 1.54) is 12.2 Å². The molecule has 0 heterocycles. The molecule has 4 rings (SSSR count).